The van der Waals surface area contributed by atoms with Crippen molar-refractivity contribution >= 4 is 17.9 Å². The van der Waals surface area contributed by atoms with Crippen LogP contribution in [0.2, 0.25) is 0 Å². The summed E-state index contributed by atoms with van der Waals surface area (Å²) >= 11 is 0. The fraction of sp³-hybridized carbons (Fsp3) is 0.734. The summed E-state index contributed by atoms with van der Waals surface area (Å²) in [4.78, 5) is 37.3. The minimum absolute atomic E-state index is 0.144. The summed E-state index contributed by atoms with van der Waals surface area (Å²) in [5, 5.41) is 11.8. The second-order valence-corrected chi connectivity index (χ2v) is 20.9. The lowest BCUT2D eigenvalue weighted by Crippen LogP contribution is -2.44. The molecule has 2 atom stereocenters. The van der Waals surface area contributed by atoms with Crippen molar-refractivity contribution in [1.82, 2.24) is 0 Å². The normalized spacial score (nSPS) is 13.4. The first kappa shape index (κ1) is 69.5. The van der Waals surface area contributed by atoms with Gasteiger partial charge >= 0.3 is 11.9 Å². The first-order valence-corrected chi connectivity index (χ1v) is 29.7. The van der Waals surface area contributed by atoms with Gasteiger partial charge in [0, 0.05) is 12.8 Å². The van der Waals surface area contributed by atoms with Gasteiger partial charge in [0.2, 0.25) is 0 Å². The molecule has 0 aliphatic carbocycles. The molecule has 0 aromatic heterocycles. The Morgan fingerprint density at radius 3 is 1.18 bits per heavy atom. The van der Waals surface area contributed by atoms with Crippen molar-refractivity contribution in [2.24, 2.45) is 0 Å². The van der Waals surface area contributed by atoms with Gasteiger partial charge in [-0.05, 0) is 89.9 Å². The van der Waals surface area contributed by atoms with Crippen LogP contribution in [0.1, 0.15) is 245 Å². The number of unbranched alkanes of at least 4 members (excludes halogenated alkanes) is 25. The van der Waals surface area contributed by atoms with Crippen LogP contribution in [0.15, 0.2) is 85.1 Å². The van der Waals surface area contributed by atoms with Gasteiger partial charge in [0.15, 0.2) is 12.4 Å². The smallest absolute Gasteiger partial charge is 0.306 e. The minimum atomic E-state index is -1.63. The van der Waals surface area contributed by atoms with Gasteiger partial charge < -0.3 is 33.3 Å². The molecule has 0 aliphatic heterocycles. The van der Waals surface area contributed by atoms with E-state index >= 15 is 0 Å². The number of carboxylic acids is 1. The fourth-order valence-corrected chi connectivity index (χ4v) is 8.06. The molecule has 0 heterocycles. The SMILES string of the molecule is CC/C=C\C/C=C\C/C=C\C/C=C\C/C=C\C/C=C\CCCCCCCCCCCCCCC(=O)OC(COC(=O)CCCCCCCCC/C=C\CCCCCCCC)COC(OCC[N+](C)(C)C)C(=O)[O-]. The third-order valence-electron chi connectivity index (χ3n) is 12.6. The molecule has 73 heavy (non-hydrogen) atoms. The number of allylic oxidation sites excluding steroid dienone is 14. The maximum atomic E-state index is 12.9. The Labute approximate surface area is 449 Å². The van der Waals surface area contributed by atoms with Crippen molar-refractivity contribution in [3.8, 4) is 0 Å². The van der Waals surface area contributed by atoms with Crippen LogP contribution in [0.25, 0.3) is 0 Å². The van der Waals surface area contributed by atoms with Crippen molar-refractivity contribution in [3.63, 3.8) is 0 Å². The summed E-state index contributed by atoms with van der Waals surface area (Å²) in [6.45, 7) is 4.63. The number of carbonyl (C=O) groups excluding carboxylic acids is 3. The number of rotatable bonds is 54. The lowest BCUT2D eigenvalue weighted by molar-refractivity contribution is -0.870. The lowest BCUT2D eigenvalue weighted by Gasteiger charge is -2.26. The van der Waals surface area contributed by atoms with Crippen molar-refractivity contribution in [3.05, 3.63) is 85.1 Å². The molecule has 0 spiro atoms. The molecule has 0 rings (SSSR count). The standard InChI is InChI=1S/C64H111NO8/c1-6-8-10-12-14-16-18-20-22-24-25-26-27-28-29-30-31-32-33-34-35-36-37-39-41-43-45-47-49-51-53-55-62(67)73-60(59-72-64(63(68)69)70-57-56-65(3,4)5)58-71-61(66)54-52-50-48-46-44-42-40-38-23-21-19-17-15-13-11-9-7-2/h8,10,14,16,20-23,25-26,28-29,31-32,60,64H,6-7,9,11-13,15,17-19,24,27,30,33-59H2,1-5H3/b10-8-,16-14-,22-20-,23-21-,26-25-,29-28-,32-31-. The van der Waals surface area contributed by atoms with Crippen molar-refractivity contribution in [1.29, 1.82) is 0 Å². The van der Waals surface area contributed by atoms with Gasteiger partial charge in [-0.2, -0.15) is 0 Å². The monoisotopic (exact) mass is 1020 g/mol. The molecule has 420 valence electrons. The van der Waals surface area contributed by atoms with E-state index in [2.05, 4.69) is 98.9 Å². The molecule has 0 aromatic carbocycles. The average Bonchev–Trinajstić information content (AvgIpc) is 3.36. The second-order valence-electron chi connectivity index (χ2n) is 20.9. The van der Waals surface area contributed by atoms with Crippen LogP contribution < -0.4 is 5.11 Å². The molecule has 9 heteroatoms. The molecule has 0 aliphatic rings. The van der Waals surface area contributed by atoms with Crippen LogP contribution in [0.3, 0.4) is 0 Å². The van der Waals surface area contributed by atoms with Crippen molar-refractivity contribution in [2.45, 2.75) is 257 Å². The second kappa shape index (κ2) is 54.7. The van der Waals surface area contributed by atoms with Gasteiger partial charge in [0.25, 0.3) is 0 Å². The highest BCUT2D eigenvalue weighted by molar-refractivity contribution is 5.70. The predicted molar refractivity (Wildman–Crippen MR) is 306 cm³/mol. The third kappa shape index (κ3) is 56.0. The summed E-state index contributed by atoms with van der Waals surface area (Å²) in [7, 11) is 5.92. The topological polar surface area (TPSA) is 111 Å². The summed E-state index contributed by atoms with van der Waals surface area (Å²) in [6, 6.07) is 0. The van der Waals surface area contributed by atoms with Crippen molar-refractivity contribution in [2.75, 3.05) is 47.5 Å². The third-order valence-corrected chi connectivity index (χ3v) is 12.6. The number of ether oxygens (including phenoxy) is 4. The molecule has 0 N–H and O–H groups in total. The van der Waals surface area contributed by atoms with Crippen LogP contribution in [-0.2, 0) is 33.3 Å². The summed E-state index contributed by atoms with van der Waals surface area (Å²) in [6.07, 6.45) is 69.1. The lowest BCUT2D eigenvalue weighted by atomic mass is 10.0. The predicted octanol–water partition coefficient (Wildman–Crippen LogP) is 16.2. The molecule has 2 unspecified atom stereocenters. The van der Waals surface area contributed by atoms with Gasteiger partial charge in [-0.1, -0.05) is 227 Å². The minimum Gasteiger partial charge on any atom is -0.545 e. The molecule has 0 saturated carbocycles. The molecule has 9 nitrogen and oxygen atoms in total. The Morgan fingerprint density at radius 2 is 0.781 bits per heavy atom. The van der Waals surface area contributed by atoms with Crippen LogP contribution >= 0.6 is 0 Å². The Bertz CT molecular complexity index is 1470. The summed E-state index contributed by atoms with van der Waals surface area (Å²) in [5.41, 5.74) is 0. The van der Waals surface area contributed by atoms with Gasteiger partial charge in [0.05, 0.1) is 40.3 Å². The first-order valence-electron chi connectivity index (χ1n) is 29.7. The summed E-state index contributed by atoms with van der Waals surface area (Å²) in [5.74, 6) is -2.29. The van der Waals surface area contributed by atoms with Crippen LogP contribution in [0.4, 0.5) is 0 Å². The molecular weight excluding hydrogens is 911 g/mol. The maximum Gasteiger partial charge on any atom is 0.306 e. The average molecular weight is 1020 g/mol. The first-order chi connectivity index (χ1) is 35.6. The quantitative estimate of drug-likeness (QED) is 0.0195. The number of carbonyl (C=O) groups is 3. The van der Waals surface area contributed by atoms with Gasteiger partial charge in [-0.15, -0.1) is 0 Å². The van der Waals surface area contributed by atoms with E-state index in [1.807, 2.05) is 21.1 Å². The zero-order chi connectivity index (χ0) is 53.4. The number of hydrogen-bond donors (Lipinski definition) is 0. The van der Waals surface area contributed by atoms with Crippen LogP contribution in [0, 0.1) is 0 Å². The Kier molecular flexibility index (Phi) is 52.1. The zero-order valence-electron chi connectivity index (χ0n) is 47.7. The number of esters is 2. The molecule has 0 fully saturated rings. The van der Waals surface area contributed by atoms with E-state index in [-0.39, 0.29) is 38.6 Å². The Hall–Kier alpha value is -3.53. The van der Waals surface area contributed by atoms with Gasteiger partial charge in [-0.25, -0.2) is 0 Å². The van der Waals surface area contributed by atoms with Crippen LogP contribution in [0.5, 0.6) is 0 Å². The van der Waals surface area contributed by atoms with Gasteiger partial charge in [-0.3, -0.25) is 9.59 Å². The maximum absolute atomic E-state index is 12.9. The van der Waals surface area contributed by atoms with E-state index in [4.69, 9.17) is 18.9 Å². The van der Waals surface area contributed by atoms with Gasteiger partial charge in [0.1, 0.15) is 13.2 Å². The fourth-order valence-electron chi connectivity index (χ4n) is 8.06. The van der Waals surface area contributed by atoms with E-state index < -0.39 is 24.3 Å². The van der Waals surface area contributed by atoms with Crippen molar-refractivity contribution < 1.29 is 42.9 Å². The highest BCUT2D eigenvalue weighted by Crippen LogP contribution is 2.16. The summed E-state index contributed by atoms with van der Waals surface area (Å²) < 4.78 is 22.7. The molecule has 0 radical (unpaired) electrons. The van der Waals surface area contributed by atoms with Crippen LogP contribution in [-0.4, -0.2) is 82.3 Å². The van der Waals surface area contributed by atoms with E-state index in [9.17, 15) is 19.5 Å². The molecule has 0 saturated heterocycles. The molecule has 0 bridgehead atoms. The molecular formula is C64H111NO8. The number of hydrogen-bond acceptors (Lipinski definition) is 8. The number of likely N-dealkylation sites (N-methyl/N-ethyl adjacent to an activating group) is 1. The number of aliphatic carboxylic acids is 1. The van der Waals surface area contributed by atoms with E-state index in [1.54, 1.807) is 0 Å². The van der Waals surface area contributed by atoms with E-state index in [0.717, 1.165) is 89.9 Å². The van der Waals surface area contributed by atoms with E-state index in [0.29, 0.717) is 17.4 Å². The molecule has 0 amide bonds. The molecule has 0 aromatic rings. The number of quaternary nitrogens is 1. The highest BCUT2D eigenvalue weighted by atomic mass is 16.7. The number of carboxylic acid groups (broad SMARTS) is 1. The van der Waals surface area contributed by atoms with E-state index in [1.165, 1.54) is 122 Å². The number of nitrogens with zero attached hydrogens (tertiary/aromatic N) is 1. The zero-order valence-corrected chi connectivity index (χ0v) is 47.7. The Balaban J connectivity index is 4.21. The largest absolute Gasteiger partial charge is 0.545 e. The Morgan fingerprint density at radius 1 is 0.425 bits per heavy atom. The highest BCUT2D eigenvalue weighted by Gasteiger charge is 2.22.